The first-order chi connectivity index (χ1) is 27.5. The van der Waals surface area contributed by atoms with E-state index in [4.69, 9.17) is 14.2 Å². The van der Waals surface area contributed by atoms with Crippen molar-refractivity contribution < 1.29 is 38.5 Å². The summed E-state index contributed by atoms with van der Waals surface area (Å²) >= 11 is 3.78. The Hall–Kier alpha value is -4.62. The van der Waals surface area contributed by atoms with Crippen LogP contribution in [0.1, 0.15) is 47.6 Å². The molecule has 3 heterocycles. The molecule has 0 radical (unpaired) electrons. The van der Waals surface area contributed by atoms with Gasteiger partial charge in [-0.3, -0.25) is 19.2 Å². The van der Waals surface area contributed by atoms with Crippen molar-refractivity contribution in [2.24, 2.45) is 11.8 Å². The number of allylic oxidation sites excluding steroid dienone is 1. The fraction of sp³-hybridized carbons (Fsp3) is 0.422. The average molecular weight is 843 g/mol. The number of alkyl halides is 1. The molecule has 3 fully saturated rings. The molecule has 0 aromatic heterocycles. The summed E-state index contributed by atoms with van der Waals surface area (Å²) in [4.78, 5) is 61.1. The number of esters is 1. The van der Waals surface area contributed by atoms with Gasteiger partial charge in [-0.15, -0.1) is 13.2 Å². The number of hydrogen-bond donors (Lipinski definition) is 2. The minimum absolute atomic E-state index is 0.0319. The third-order valence-corrected chi connectivity index (χ3v) is 12.2. The van der Waals surface area contributed by atoms with Gasteiger partial charge in [-0.2, -0.15) is 0 Å². The van der Waals surface area contributed by atoms with Crippen LogP contribution in [-0.2, 0) is 39.8 Å². The number of halogens is 1. The summed E-state index contributed by atoms with van der Waals surface area (Å²) in [5, 5.41) is 14.0. The summed E-state index contributed by atoms with van der Waals surface area (Å²) < 4.78 is 18.8. The maximum atomic E-state index is 15.4. The predicted molar refractivity (Wildman–Crippen MR) is 221 cm³/mol. The molecule has 3 aromatic rings. The second kappa shape index (κ2) is 18.3. The lowest BCUT2D eigenvalue weighted by atomic mass is 9.70. The third kappa shape index (κ3) is 8.37. The Morgan fingerprint density at radius 2 is 1.77 bits per heavy atom. The van der Waals surface area contributed by atoms with Crippen molar-refractivity contribution in [1.29, 1.82) is 0 Å². The van der Waals surface area contributed by atoms with Gasteiger partial charge >= 0.3 is 5.97 Å². The molecule has 3 amide bonds. The summed E-state index contributed by atoms with van der Waals surface area (Å²) in [6.45, 7) is 11.3. The number of hydrogen-bond acceptors (Lipinski definition) is 8. The minimum Gasteiger partial charge on any atom is -0.455 e. The number of fused-ring (bicyclic) bond motifs is 1. The molecule has 0 saturated carbocycles. The van der Waals surface area contributed by atoms with Gasteiger partial charge in [0, 0.05) is 30.6 Å². The average Bonchev–Trinajstić information content (AvgIpc) is 3.81. The van der Waals surface area contributed by atoms with Crippen LogP contribution in [0.3, 0.4) is 0 Å². The molecule has 3 saturated heterocycles. The first-order valence-electron chi connectivity index (χ1n) is 19.4. The molecule has 0 aliphatic carbocycles. The van der Waals surface area contributed by atoms with E-state index in [-0.39, 0.29) is 38.3 Å². The highest BCUT2D eigenvalue weighted by Gasteiger charge is 2.77. The van der Waals surface area contributed by atoms with Crippen LogP contribution in [0.4, 0.5) is 5.69 Å². The second-order valence-corrected chi connectivity index (χ2v) is 16.4. The van der Waals surface area contributed by atoms with Crippen molar-refractivity contribution >= 4 is 45.3 Å². The third-order valence-electron chi connectivity index (χ3n) is 11.4. The van der Waals surface area contributed by atoms with Gasteiger partial charge in [-0.1, -0.05) is 101 Å². The van der Waals surface area contributed by atoms with Gasteiger partial charge < -0.3 is 34.4 Å². The highest BCUT2D eigenvalue weighted by molar-refractivity contribution is 9.09. The summed E-state index contributed by atoms with van der Waals surface area (Å²) in [6, 6.07) is 21.6. The number of nitrogens with one attached hydrogen (secondary N) is 1. The SMILES string of the molecule is C=CCCC(=O)N[C@@H](COC)[C@@H](OC(=O)[C@@H]1[C@H]2O[C@@]3(CC2Br)[C@H](C(=O)N(CC=C)c2cc(C)ccc2C)N([C@@H](CO)Cc2ccccc2)C(=O)[C@@H]13)c1ccccc1. The summed E-state index contributed by atoms with van der Waals surface area (Å²) in [7, 11) is 1.50. The van der Waals surface area contributed by atoms with E-state index in [0.29, 0.717) is 17.7 Å². The number of anilines is 1. The van der Waals surface area contributed by atoms with E-state index in [9.17, 15) is 14.7 Å². The van der Waals surface area contributed by atoms with Gasteiger partial charge in [0.15, 0.2) is 0 Å². The Morgan fingerprint density at radius 3 is 2.42 bits per heavy atom. The molecule has 3 aromatic carbocycles. The number of aryl methyl sites for hydroxylation is 2. The van der Waals surface area contributed by atoms with Gasteiger partial charge in [0.25, 0.3) is 5.91 Å². The van der Waals surface area contributed by atoms with Crippen molar-refractivity contribution in [3.05, 3.63) is 126 Å². The molecule has 3 aliphatic rings. The lowest BCUT2D eigenvalue weighted by Crippen LogP contribution is -2.59. The molecule has 11 nitrogen and oxygen atoms in total. The van der Waals surface area contributed by atoms with Gasteiger partial charge in [0.05, 0.1) is 43.2 Å². The molecular weight excluding hydrogens is 790 g/mol. The Morgan fingerprint density at radius 1 is 1.07 bits per heavy atom. The fourth-order valence-electron chi connectivity index (χ4n) is 8.87. The zero-order chi connectivity index (χ0) is 40.9. The normalized spacial score (nSPS) is 25.0. The Balaban J connectivity index is 1.43. The maximum Gasteiger partial charge on any atom is 0.313 e. The molecule has 3 aliphatic heterocycles. The van der Waals surface area contributed by atoms with E-state index in [0.717, 1.165) is 16.7 Å². The lowest BCUT2D eigenvalue weighted by molar-refractivity contribution is -0.163. The molecule has 2 N–H and O–H groups in total. The smallest absolute Gasteiger partial charge is 0.313 e. The number of benzene rings is 3. The number of likely N-dealkylation sites (tertiary alicyclic amines) is 1. The van der Waals surface area contributed by atoms with Crippen LogP contribution in [-0.4, -0.2) is 95.2 Å². The van der Waals surface area contributed by atoms with Crippen LogP contribution in [0.5, 0.6) is 0 Å². The van der Waals surface area contributed by atoms with E-state index in [1.54, 1.807) is 29.2 Å². The van der Waals surface area contributed by atoms with E-state index < -0.39 is 77.0 Å². The standard InChI is InChI=1S/C45H52BrN3O8/c1-6-8-19-36(51)47-34(27-55-5)39(31-17-13-10-14-18-31)56-44(54)37-38-42(52)49(32(26-50)24-30-15-11-9-12-16-30)41(45(38)25-33(46)40(37)57-45)43(53)48(22-7-2)35-23-28(3)20-21-29(35)4/h6-7,9-18,20-21,23,32-34,37-41,50H,1-2,8,19,22,24-27H2,3-5H3,(H,47,51)/t32-,33?,34+,37+,38-,39+,40+,41+,45-/m1/s1. The van der Waals surface area contributed by atoms with Crippen LogP contribution in [0.2, 0.25) is 0 Å². The van der Waals surface area contributed by atoms with Crippen molar-refractivity contribution in [3.8, 4) is 0 Å². The summed E-state index contributed by atoms with van der Waals surface area (Å²) in [5.74, 6) is -4.05. The molecule has 2 bridgehead atoms. The molecule has 9 atom stereocenters. The quantitative estimate of drug-likeness (QED) is 0.0968. The van der Waals surface area contributed by atoms with Crippen molar-refractivity contribution in [1.82, 2.24) is 10.2 Å². The van der Waals surface area contributed by atoms with Gasteiger partial charge in [-0.25, -0.2) is 0 Å². The number of amides is 3. The van der Waals surface area contributed by atoms with Crippen LogP contribution in [0.15, 0.2) is 104 Å². The number of carbonyl (C=O) groups excluding carboxylic acids is 4. The monoisotopic (exact) mass is 841 g/mol. The molecule has 12 heteroatoms. The highest BCUT2D eigenvalue weighted by atomic mass is 79.9. The minimum atomic E-state index is -1.44. The number of methoxy groups -OCH3 is 1. The number of nitrogens with zero attached hydrogens (tertiary/aromatic N) is 2. The van der Waals surface area contributed by atoms with E-state index in [2.05, 4.69) is 34.4 Å². The van der Waals surface area contributed by atoms with E-state index in [1.165, 1.54) is 12.0 Å². The summed E-state index contributed by atoms with van der Waals surface area (Å²) in [6.07, 6.45) is 2.67. The summed E-state index contributed by atoms with van der Waals surface area (Å²) in [5.41, 5.74) is 2.52. The molecule has 302 valence electrons. The molecule has 1 spiro atoms. The maximum absolute atomic E-state index is 15.4. The zero-order valence-electron chi connectivity index (χ0n) is 32.7. The predicted octanol–water partition coefficient (Wildman–Crippen LogP) is 5.56. The molecule has 1 unspecified atom stereocenters. The largest absolute Gasteiger partial charge is 0.455 e. The number of aliphatic hydroxyl groups excluding tert-OH is 1. The number of ether oxygens (including phenoxy) is 3. The van der Waals surface area contributed by atoms with Crippen molar-refractivity contribution in [2.45, 2.75) is 80.3 Å². The first-order valence-corrected chi connectivity index (χ1v) is 20.3. The first kappa shape index (κ1) is 42.0. The molecule has 6 rings (SSSR count). The number of rotatable bonds is 18. The lowest BCUT2D eigenvalue weighted by Gasteiger charge is -2.39. The van der Waals surface area contributed by atoms with Gasteiger partial charge in [-0.05, 0) is 61.4 Å². The van der Waals surface area contributed by atoms with Gasteiger partial charge in [0.2, 0.25) is 11.8 Å². The second-order valence-electron chi connectivity index (χ2n) is 15.2. The number of aliphatic hydroxyl groups is 1. The number of carbonyl (C=O) groups is 4. The molecular formula is C45H52BrN3O8. The van der Waals surface area contributed by atoms with Crippen molar-refractivity contribution in [3.63, 3.8) is 0 Å². The van der Waals surface area contributed by atoms with Crippen LogP contribution in [0, 0.1) is 25.7 Å². The molecule has 57 heavy (non-hydrogen) atoms. The van der Waals surface area contributed by atoms with Crippen molar-refractivity contribution in [2.75, 3.05) is 31.8 Å². The van der Waals surface area contributed by atoms with Crippen LogP contribution >= 0.6 is 15.9 Å². The highest BCUT2D eigenvalue weighted by Crippen LogP contribution is 2.61. The Kier molecular flexibility index (Phi) is 13.5. The Bertz CT molecular complexity index is 1940. The zero-order valence-corrected chi connectivity index (χ0v) is 34.3. The fourth-order valence-corrected chi connectivity index (χ4v) is 9.81. The Labute approximate surface area is 343 Å². The van der Waals surface area contributed by atoms with Crippen LogP contribution in [0.25, 0.3) is 0 Å². The van der Waals surface area contributed by atoms with E-state index >= 15 is 9.59 Å². The van der Waals surface area contributed by atoms with Gasteiger partial charge in [0.1, 0.15) is 17.7 Å². The topological polar surface area (TPSA) is 135 Å². The van der Waals surface area contributed by atoms with E-state index in [1.807, 2.05) is 80.6 Å². The van der Waals surface area contributed by atoms with Crippen LogP contribution < -0.4 is 10.2 Å².